The van der Waals surface area contributed by atoms with E-state index in [4.69, 9.17) is 0 Å². The third-order valence-electron chi connectivity index (χ3n) is 3.09. The maximum absolute atomic E-state index is 2.31. The quantitative estimate of drug-likeness (QED) is 0.617. The Morgan fingerprint density at radius 3 is 2.47 bits per heavy atom. The Hall–Kier alpha value is -1.24. The van der Waals surface area contributed by atoms with Gasteiger partial charge in [-0.15, -0.1) is 0 Å². The lowest BCUT2D eigenvalue weighted by Gasteiger charge is -2.35. The Balaban J connectivity index is 2.51. The highest BCUT2D eigenvalue weighted by Crippen LogP contribution is 2.42. The molecule has 1 unspecified atom stereocenters. The molecule has 0 aliphatic carbocycles. The number of fused-ring (bicyclic) bond motifs is 1. The first-order chi connectivity index (χ1) is 7.00. The fraction of sp³-hybridized carbons (Fsp3) is 0.429. The molecule has 0 saturated carbocycles. The topological polar surface area (TPSA) is 3.24 Å². The molecule has 1 aliphatic heterocycles. The summed E-state index contributed by atoms with van der Waals surface area (Å²) >= 11 is 0. The first kappa shape index (κ1) is 10.3. The van der Waals surface area contributed by atoms with Gasteiger partial charge in [-0.05, 0) is 17.0 Å². The van der Waals surface area contributed by atoms with Gasteiger partial charge in [0.25, 0.3) is 0 Å². The summed E-state index contributed by atoms with van der Waals surface area (Å²) in [6.45, 7) is 6.89. The smallest absolute Gasteiger partial charge is 0.0442 e. The summed E-state index contributed by atoms with van der Waals surface area (Å²) in [5.41, 5.74) is 3.06. The van der Waals surface area contributed by atoms with Gasteiger partial charge in [0.05, 0.1) is 0 Å². The number of benzene rings is 1. The molecule has 1 atom stereocenters. The SMILES string of the molecule is CN1C=CC(C(C)(C)C)c2ccccc21. The van der Waals surface area contributed by atoms with Gasteiger partial charge in [-0.1, -0.05) is 45.0 Å². The van der Waals surface area contributed by atoms with Crippen LogP contribution in [0, 0.1) is 5.41 Å². The fourth-order valence-corrected chi connectivity index (χ4v) is 2.23. The molecule has 1 heteroatoms. The van der Waals surface area contributed by atoms with Gasteiger partial charge >= 0.3 is 0 Å². The molecule has 1 aliphatic rings. The maximum Gasteiger partial charge on any atom is 0.0442 e. The molecule has 0 fully saturated rings. The number of anilines is 1. The Morgan fingerprint density at radius 2 is 1.80 bits per heavy atom. The molecule has 0 saturated heterocycles. The van der Waals surface area contributed by atoms with Crippen LogP contribution in [0.5, 0.6) is 0 Å². The van der Waals surface area contributed by atoms with E-state index in [1.54, 1.807) is 0 Å². The number of para-hydroxylation sites is 1. The van der Waals surface area contributed by atoms with Crippen molar-refractivity contribution in [2.75, 3.05) is 11.9 Å². The summed E-state index contributed by atoms with van der Waals surface area (Å²) in [5.74, 6) is 0.518. The highest BCUT2D eigenvalue weighted by atomic mass is 15.1. The summed E-state index contributed by atoms with van der Waals surface area (Å²) in [7, 11) is 2.11. The third kappa shape index (κ3) is 1.79. The van der Waals surface area contributed by atoms with Gasteiger partial charge < -0.3 is 4.90 Å². The normalized spacial score (nSPS) is 20.3. The summed E-state index contributed by atoms with van der Waals surface area (Å²) in [6.07, 6.45) is 4.49. The van der Waals surface area contributed by atoms with E-state index in [1.165, 1.54) is 11.3 Å². The van der Waals surface area contributed by atoms with Gasteiger partial charge in [0.2, 0.25) is 0 Å². The van der Waals surface area contributed by atoms with Crippen molar-refractivity contribution < 1.29 is 0 Å². The van der Waals surface area contributed by atoms with Crippen LogP contribution in [-0.2, 0) is 0 Å². The summed E-state index contributed by atoms with van der Waals surface area (Å²) in [4.78, 5) is 2.19. The molecule has 1 aromatic carbocycles. The average molecular weight is 201 g/mol. The molecular formula is C14H19N. The molecule has 0 bridgehead atoms. The first-order valence-corrected chi connectivity index (χ1v) is 5.50. The molecule has 1 aromatic rings. The van der Waals surface area contributed by atoms with Crippen molar-refractivity contribution in [1.82, 2.24) is 0 Å². The van der Waals surface area contributed by atoms with E-state index in [-0.39, 0.29) is 5.41 Å². The highest BCUT2D eigenvalue weighted by molar-refractivity contribution is 5.60. The van der Waals surface area contributed by atoms with Gasteiger partial charge in [-0.2, -0.15) is 0 Å². The van der Waals surface area contributed by atoms with Gasteiger partial charge in [0.15, 0.2) is 0 Å². The zero-order valence-electron chi connectivity index (χ0n) is 9.99. The molecular weight excluding hydrogens is 182 g/mol. The minimum absolute atomic E-state index is 0.286. The lowest BCUT2D eigenvalue weighted by atomic mass is 9.75. The minimum atomic E-state index is 0.286. The summed E-state index contributed by atoms with van der Waals surface area (Å²) in [6, 6.07) is 8.67. The van der Waals surface area contributed by atoms with Crippen LogP contribution in [0.25, 0.3) is 0 Å². The van der Waals surface area contributed by atoms with Gasteiger partial charge in [0, 0.05) is 24.9 Å². The predicted octanol–water partition coefficient (Wildman–Crippen LogP) is 3.78. The highest BCUT2D eigenvalue weighted by Gasteiger charge is 2.28. The Labute approximate surface area is 92.4 Å². The van der Waals surface area contributed by atoms with Gasteiger partial charge in [0.1, 0.15) is 0 Å². The van der Waals surface area contributed by atoms with E-state index in [9.17, 15) is 0 Å². The average Bonchev–Trinajstić information content (AvgIpc) is 2.17. The van der Waals surface area contributed by atoms with Crippen molar-refractivity contribution >= 4 is 5.69 Å². The van der Waals surface area contributed by atoms with E-state index < -0.39 is 0 Å². The third-order valence-corrected chi connectivity index (χ3v) is 3.09. The molecule has 0 spiro atoms. The molecule has 2 rings (SSSR count). The Kier molecular flexibility index (Phi) is 2.34. The molecule has 0 N–H and O–H groups in total. The van der Waals surface area contributed by atoms with E-state index >= 15 is 0 Å². The minimum Gasteiger partial charge on any atom is -0.351 e. The largest absolute Gasteiger partial charge is 0.351 e. The Bertz CT molecular complexity index is 385. The van der Waals surface area contributed by atoms with Gasteiger partial charge in [-0.3, -0.25) is 0 Å². The van der Waals surface area contributed by atoms with Gasteiger partial charge in [-0.25, -0.2) is 0 Å². The second kappa shape index (κ2) is 3.41. The van der Waals surface area contributed by atoms with Crippen LogP contribution < -0.4 is 4.90 Å². The summed E-state index contributed by atoms with van der Waals surface area (Å²) in [5, 5.41) is 0. The zero-order valence-corrected chi connectivity index (χ0v) is 9.99. The van der Waals surface area contributed by atoms with Crippen LogP contribution in [0.2, 0.25) is 0 Å². The van der Waals surface area contributed by atoms with Crippen molar-refractivity contribution in [3.05, 3.63) is 42.1 Å². The standard InChI is InChI=1S/C14H19N/c1-14(2,3)12-9-10-15(4)13-8-6-5-7-11(12)13/h5-10,12H,1-4H3. The number of rotatable bonds is 0. The van der Waals surface area contributed by atoms with E-state index in [2.05, 4.69) is 69.3 Å². The van der Waals surface area contributed by atoms with Crippen LogP contribution in [0.3, 0.4) is 0 Å². The second-order valence-electron chi connectivity index (χ2n) is 5.35. The van der Waals surface area contributed by atoms with Crippen molar-refractivity contribution in [3.63, 3.8) is 0 Å². The lowest BCUT2D eigenvalue weighted by molar-refractivity contribution is 0.364. The monoisotopic (exact) mass is 201 g/mol. The molecule has 0 amide bonds. The number of hydrogen-bond donors (Lipinski definition) is 0. The van der Waals surface area contributed by atoms with Crippen LogP contribution in [0.15, 0.2) is 36.5 Å². The molecule has 0 radical (unpaired) electrons. The zero-order chi connectivity index (χ0) is 11.1. The van der Waals surface area contributed by atoms with Crippen LogP contribution >= 0.6 is 0 Å². The van der Waals surface area contributed by atoms with Crippen LogP contribution in [0.1, 0.15) is 32.3 Å². The number of allylic oxidation sites excluding steroid dienone is 1. The van der Waals surface area contributed by atoms with Crippen molar-refractivity contribution in [2.24, 2.45) is 5.41 Å². The van der Waals surface area contributed by atoms with Crippen LogP contribution in [0.4, 0.5) is 5.69 Å². The molecule has 15 heavy (non-hydrogen) atoms. The number of nitrogens with zero attached hydrogens (tertiary/aromatic N) is 1. The molecule has 0 aromatic heterocycles. The molecule has 80 valence electrons. The van der Waals surface area contributed by atoms with Crippen molar-refractivity contribution in [2.45, 2.75) is 26.7 Å². The van der Waals surface area contributed by atoms with Crippen molar-refractivity contribution in [1.29, 1.82) is 0 Å². The Morgan fingerprint density at radius 1 is 1.13 bits per heavy atom. The van der Waals surface area contributed by atoms with Crippen LogP contribution in [-0.4, -0.2) is 7.05 Å². The number of hydrogen-bond acceptors (Lipinski definition) is 1. The molecule has 1 nitrogen and oxygen atoms in total. The second-order valence-corrected chi connectivity index (χ2v) is 5.35. The first-order valence-electron chi connectivity index (χ1n) is 5.50. The van der Waals surface area contributed by atoms with Crippen molar-refractivity contribution in [3.8, 4) is 0 Å². The maximum atomic E-state index is 2.31. The lowest BCUT2D eigenvalue weighted by Crippen LogP contribution is -2.24. The van der Waals surface area contributed by atoms with E-state index in [1.807, 2.05) is 0 Å². The summed E-state index contributed by atoms with van der Waals surface area (Å²) < 4.78 is 0. The molecule has 1 heterocycles. The fourth-order valence-electron chi connectivity index (χ4n) is 2.23. The van der Waals surface area contributed by atoms with E-state index in [0.717, 1.165) is 0 Å². The van der Waals surface area contributed by atoms with E-state index in [0.29, 0.717) is 5.92 Å². The predicted molar refractivity (Wildman–Crippen MR) is 66.2 cm³/mol.